The fourth-order valence-corrected chi connectivity index (χ4v) is 1.36. The van der Waals surface area contributed by atoms with Gasteiger partial charge in [-0.2, -0.15) is 0 Å². The van der Waals surface area contributed by atoms with E-state index in [0.29, 0.717) is 6.61 Å². The van der Waals surface area contributed by atoms with Crippen LogP contribution in [0.2, 0.25) is 0 Å². The third-order valence-corrected chi connectivity index (χ3v) is 2.03. The van der Waals surface area contributed by atoms with Crippen molar-refractivity contribution < 1.29 is 9.53 Å². The molecule has 4 nitrogen and oxygen atoms in total. The van der Waals surface area contributed by atoms with Crippen LogP contribution in [-0.4, -0.2) is 26.2 Å². The summed E-state index contributed by atoms with van der Waals surface area (Å²) in [6.07, 6.45) is 0. The van der Waals surface area contributed by atoms with Crippen LogP contribution in [-0.2, 0) is 16.1 Å². The molecule has 0 saturated carbocycles. The molecule has 0 aromatic heterocycles. The molecule has 0 heterocycles. The number of benzene rings is 1. The standard InChI is InChI=1S/C12H18N2O2.ClH/c1-3-16-9-12(15)14-11-6-4-5-10(7-11)8-13-2;/h4-7,13H,3,8-9H2,1-2H3,(H,14,15);1H. The molecule has 0 radical (unpaired) electrons. The van der Waals surface area contributed by atoms with Crippen molar-refractivity contribution in [3.05, 3.63) is 29.8 Å². The minimum absolute atomic E-state index is 0. The number of hydrogen-bond donors (Lipinski definition) is 2. The van der Waals surface area contributed by atoms with Crippen molar-refractivity contribution >= 4 is 24.0 Å². The summed E-state index contributed by atoms with van der Waals surface area (Å²) in [6, 6.07) is 7.74. The van der Waals surface area contributed by atoms with Crippen molar-refractivity contribution in [3.8, 4) is 0 Å². The predicted octanol–water partition coefficient (Wildman–Crippen LogP) is 1.80. The Morgan fingerprint density at radius 1 is 1.41 bits per heavy atom. The fraction of sp³-hybridized carbons (Fsp3) is 0.417. The molecular weight excluding hydrogens is 240 g/mol. The van der Waals surface area contributed by atoms with Gasteiger partial charge in [0.25, 0.3) is 0 Å². The SMILES string of the molecule is CCOCC(=O)Nc1cccc(CNC)c1.Cl. The van der Waals surface area contributed by atoms with Gasteiger partial charge in [0.15, 0.2) is 0 Å². The maximum Gasteiger partial charge on any atom is 0.250 e. The lowest BCUT2D eigenvalue weighted by atomic mass is 10.2. The number of anilines is 1. The lowest BCUT2D eigenvalue weighted by Crippen LogP contribution is -2.18. The topological polar surface area (TPSA) is 50.4 Å². The van der Waals surface area contributed by atoms with Gasteiger partial charge in [0, 0.05) is 18.8 Å². The highest BCUT2D eigenvalue weighted by molar-refractivity contribution is 5.91. The number of carbonyl (C=O) groups excluding carboxylic acids is 1. The van der Waals surface area contributed by atoms with Crippen molar-refractivity contribution in [3.63, 3.8) is 0 Å². The van der Waals surface area contributed by atoms with Crippen LogP contribution in [0.3, 0.4) is 0 Å². The maximum absolute atomic E-state index is 11.4. The lowest BCUT2D eigenvalue weighted by molar-refractivity contribution is -0.120. The summed E-state index contributed by atoms with van der Waals surface area (Å²) in [6.45, 7) is 3.30. The molecule has 0 aliphatic carbocycles. The molecule has 1 rings (SSSR count). The van der Waals surface area contributed by atoms with E-state index in [1.54, 1.807) is 0 Å². The van der Waals surface area contributed by atoms with Gasteiger partial charge < -0.3 is 15.4 Å². The summed E-state index contributed by atoms with van der Waals surface area (Å²) in [5, 5.41) is 5.85. The Bertz CT molecular complexity index is 345. The van der Waals surface area contributed by atoms with Crippen LogP contribution >= 0.6 is 12.4 Å². The van der Waals surface area contributed by atoms with Gasteiger partial charge in [-0.15, -0.1) is 12.4 Å². The van der Waals surface area contributed by atoms with E-state index in [4.69, 9.17) is 4.74 Å². The second-order valence-corrected chi connectivity index (χ2v) is 3.42. The van der Waals surface area contributed by atoms with Gasteiger partial charge in [-0.05, 0) is 31.7 Å². The van der Waals surface area contributed by atoms with Crippen molar-refractivity contribution in [1.82, 2.24) is 5.32 Å². The van der Waals surface area contributed by atoms with Crippen LogP contribution < -0.4 is 10.6 Å². The zero-order valence-corrected chi connectivity index (χ0v) is 11.0. The van der Waals surface area contributed by atoms with E-state index in [1.165, 1.54) is 0 Å². The smallest absolute Gasteiger partial charge is 0.250 e. The van der Waals surface area contributed by atoms with Crippen molar-refractivity contribution in [2.45, 2.75) is 13.5 Å². The van der Waals surface area contributed by atoms with E-state index in [-0.39, 0.29) is 24.9 Å². The maximum atomic E-state index is 11.4. The molecule has 0 atom stereocenters. The highest BCUT2D eigenvalue weighted by Gasteiger charge is 2.02. The highest BCUT2D eigenvalue weighted by atomic mass is 35.5. The van der Waals surface area contributed by atoms with Gasteiger partial charge in [0.05, 0.1) is 0 Å². The average Bonchev–Trinajstić information content (AvgIpc) is 2.27. The van der Waals surface area contributed by atoms with Gasteiger partial charge in [0.2, 0.25) is 5.91 Å². The van der Waals surface area contributed by atoms with Crippen LogP contribution in [0.25, 0.3) is 0 Å². The first-order valence-corrected chi connectivity index (χ1v) is 5.37. The van der Waals surface area contributed by atoms with E-state index in [1.807, 2.05) is 38.2 Å². The van der Waals surface area contributed by atoms with E-state index in [2.05, 4.69) is 10.6 Å². The molecule has 0 fully saturated rings. The predicted molar refractivity (Wildman–Crippen MR) is 71.6 cm³/mol. The van der Waals surface area contributed by atoms with E-state index in [0.717, 1.165) is 17.8 Å². The quantitative estimate of drug-likeness (QED) is 0.818. The van der Waals surface area contributed by atoms with Gasteiger partial charge in [-0.1, -0.05) is 12.1 Å². The van der Waals surface area contributed by atoms with Crippen molar-refractivity contribution in [1.29, 1.82) is 0 Å². The molecule has 0 bridgehead atoms. The normalized spacial score (nSPS) is 9.53. The van der Waals surface area contributed by atoms with Crippen LogP contribution in [0.1, 0.15) is 12.5 Å². The first-order valence-electron chi connectivity index (χ1n) is 5.37. The molecule has 17 heavy (non-hydrogen) atoms. The molecule has 2 N–H and O–H groups in total. The highest BCUT2D eigenvalue weighted by Crippen LogP contribution is 2.10. The number of rotatable bonds is 6. The molecule has 0 unspecified atom stereocenters. The molecule has 0 aliphatic rings. The summed E-state index contributed by atoms with van der Waals surface area (Å²) in [5.74, 6) is -0.122. The van der Waals surface area contributed by atoms with Gasteiger partial charge in [-0.3, -0.25) is 4.79 Å². The van der Waals surface area contributed by atoms with Gasteiger partial charge in [-0.25, -0.2) is 0 Å². The van der Waals surface area contributed by atoms with Crippen LogP contribution in [0, 0.1) is 0 Å². The summed E-state index contributed by atoms with van der Waals surface area (Å²) in [4.78, 5) is 11.4. The number of halogens is 1. The lowest BCUT2D eigenvalue weighted by Gasteiger charge is -2.07. The van der Waals surface area contributed by atoms with E-state index in [9.17, 15) is 4.79 Å². The van der Waals surface area contributed by atoms with Gasteiger partial charge in [0.1, 0.15) is 6.61 Å². The van der Waals surface area contributed by atoms with Crippen LogP contribution in [0.4, 0.5) is 5.69 Å². The number of carbonyl (C=O) groups is 1. The molecule has 1 aromatic rings. The Labute approximate surface area is 108 Å². The zero-order chi connectivity index (χ0) is 11.8. The third-order valence-electron chi connectivity index (χ3n) is 2.03. The van der Waals surface area contributed by atoms with Crippen LogP contribution in [0.5, 0.6) is 0 Å². The molecule has 0 spiro atoms. The monoisotopic (exact) mass is 258 g/mol. The second-order valence-electron chi connectivity index (χ2n) is 3.42. The Balaban J connectivity index is 0.00000256. The summed E-state index contributed by atoms with van der Waals surface area (Å²) in [7, 11) is 1.89. The first-order chi connectivity index (χ1) is 7.76. The minimum Gasteiger partial charge on any atom is -0.372 e. The number of ether oxygens (including phenoxy) is 1. The fourth-order valence-electron chi connectivity index (χ4n) is 1.36. The molecule has 96 valence electrons. The third kappa shape index (κ3) is 6.26. The van der Waals surface area contributed by atoms with Crippen molar-refractivity contribution in [2.75, 3.05) is 25.6 Å². The number of amides is 1. The molecule has 5 heteroatoms. The molecular formula is C12H19ClN2O2. The Morgan fingerprint density at radius 3 is 2.82 bits per heavy atom. The summed E-state index contributed by atoms with van der Waals surface area (Å²) >= 11 is 0. The second kappa shape index (κ2) is 8.98. The Morgan fingerprint density at radius 2 is 2.18 bits per heavy atom. The Hall–Kier alpha value is -1.10. The van der Waals surface area contributed by atoms with E-state index < -0.39 is 0 Å². The number of hydrogen-bond acceptors (Lipinski definition) is 3. The van der Waals surface area contributed by atoms with E-state index >= 15 is 0 Å². The summed E-state index contributed by atoms with van der Waals surface area (Å²) in [5.41, 5.74) is 1.94. The summed E-state index contributed by atoms with van der Waals surface area (Å²) < 4.78 is 5.02. The Kier molecular flexibility index (Phi) is 8.40. The first kappa shape index (κ1) is 15.9. The largest absolute Gasteiger partial charge is 0.372 e. The number of nitrogens with one attached hydrogen (secondary N) is 2. The van der Waals surface area contributed by atoms with Gasteiger partial charge >= 0.3 is 0 Å². The molecule has 1 aromatic carbocycles. The van der Waals surface area contributed by atoms with Crippen LogP contribution in [0.15, 0.2) is 24.3 Å². The zero-order valence-electron chi connectivity index (χ0n) is 10.2. The molecule has 1 amide bonds. The average molecular weight is 259 g/mol. The minimum atomic E-state index is -0.122. The van der Waals surface area contributed by atoms with Crippen molar-refractivity contribution in [2.24, 2.45) is 0 Å². The molecule has 0 aliphatic heterocycles. The molecule has 0 saturated heterocycles.